The number of aryl methyl sites for hydroxylation is 15. The molecule has 11 rings (SSSR count). The molecule has 11 aromatic rings. The highest BCUT2D eigenvalue weighted by Gasteiger charge is 1.92. The summed E-state index contributed by atoms with van der Waals surface area (Å²) in [6.45, 7) is 53.4. The first-order chi connectivity index (χ1) is 41.5. The first kappa shape index (κ1) is 91.4. The summed E-state index contributed by atoms with van der Waals surface area (Å²) in [5.74, 6) is 1.81. The summed E-state index contributed by atoms with van der Waals surface area (Å²) in [6, 6.07) is 9.80. The predicted molar refractivity (Wildman–Crippen MR) is 354 cm³/mol. The summed E-state index contributed by atoms with van der Waals surface area (Å²) in [6.07, 6.45) is 18.2. The second-order valence-electron chi connectivity index (χ2n) is 14.4. The molecule has 0 fully saturated rings. The summed E-state index contributed by atoms with van der Waals surface area (Å²) in [5, 5.41) is 46.0. The molecular formula is C60H109N22O2S2+. The van der Waals surface area contributed by atoms with Gasteiger partial charge >= 0.3 is 0 Å². The predicted octanol–water partition coefficient (Wildman–Crippen LogP) is 14.8. The third-order valence-electron chi connectivity index (χ3n) is 8.19. The maximum absolute atomic E-state index is 4.85. The molecule has 0 saturated carbocycles. The Morgan fingerprint density at radius 2 is 0.849 bits per heavy atom. The van der Waals surface area contributed by atoms with Crippen LogP contribution in [0.25, 0.3) is 0 Å². The fourth-order valence-corrected chi connectivity index (χ4v) is 4.81. The monoisotopic (exact) mass is 1230 g/mol. The number of H-pyrrole nitrogens is 4. The van der Waals surface area contributed by atoms with Crippen LogP contribution in [0.5, 0.6) is 0 Å². The van der Waals surface area contributed by atoms with E-state index in [1.54, 1.807) is 84.1 Å². The van der Waals surface area contributed by atoms with Crippen LogP contribution in [0.3, 0.4) is 0 Å². The zero-order valence-corrected chi connectivity index (χ0v) is 59.2. The van der Waals surface area contributed by atoms with Gasteiger partial charge in [-0.3, -0.25) is 9.97 Å². The molecule has 24 nitrogen and oxygen atoms in total. The summed E-state index contributed by atoms with van der Waals surface area (Å²) >= 11 is 3.39. The molecule has 0 amide bonds. The van der Waals surface area contributed by atoms with E-state index >= 15 is 0 Å². The molecule has 0 atom stereocenters. The molecule has 0 saturated heterocycles. The van der Waals surface area contributed by atoms with Crippen LogP contribution in [-0.2, 0) is 14.1 Å². The number of oxazole rings is 2. The van der Waals surface area contributed by atoms with E-state index in [9.17, 15) is 0 Å². The number of rotatable bonds is 0. The quantitative estimate of drug-likeness (QED) is 0.103. The van der Waals surface area contributed by atoms with Gasteiger partial charge in [0.15, 0.2) is 18.0 Å². The van der Waals surface area contributed by atoms with Crippen LogP contribution < -0.4 is 4.68 Å². The van der Waals surface area contributed by atoms with Gasteiger partial charge in [0.2, 0.25) is 0 Å². The molecule has 482 valence electrons. The van der Waals surface area contributed by atoms with Crippen LogP contribution in [0.4, 0.5) is 0 Å². The van der Waals surface area contributed by atoms with E-state index < -0.39 is 0 Å². The minimum absolute atomic E-state index is 0.903. The van der Waals surface area contributed by atoms with Crippen molar-refractivity contribution in [3.8, 4) is 0 Å². The molecule has 0 aliphatic carbocycles. The summed E-state index contributed by atoms with van der Waals surface area (Å²) in [4.78, 5) is 27.8. The largest absolute Gasteiger partial charge is 0.449 e. The average Bonchev–Trinajstić information content (AvgIpc) is 4.45. The molecule has 0 aromatic carbocycles. The molecule has 11 heterocycles. The average molecular weight is 1230 g/mol. The number of pyridine rings is 2. The zero-order valence-electron chi connectivity index (χ0n) is 57.6. The lowest BCUT2D eigenvalue weighted by Gasteiger charge is -1.82. The first-order valence-electron chi connectivity index (χ1n) is 28.7. The van der Waals surface area contributed by atoms with E-state index in [0.717, 1.165) is 57.1 Å². The van der Waals surface area contributed by atoms with Crippen molar-refractivity contribution in [2.24, 2.45) is 14.1 Å². The maximum atomic E-state index is 4.85. The zero-order chi connectivity index (χ0) is 67.4. The van der Waals surface area contributed by atoms with Crippen molar-refractivity contribution in [1.29, 1.82) is 0 Å². The SMILES string of the molecule is CC.CC.CC.CC.CC.CC.CC.C[n+]1cnn[nH]1.Cc1ccccn1.Cc1cccnc1.Cc1cn[nH]n1.Cc1cn[nH]n1.Cc1cn[nH]n1.Cc1ncoc1C.Cc1ncoc1C.Cc1ncsc1C.Cc1ncsc1C.Cn1nccn1. The second-order valence-corrected chi connectivity index (χ2v) is 16.5. The molecular weight excluding hydrogens is 1120 g/mol. The van der Waals surface area contributed by atoms with Crippen molar-refractivity contribution < 1.29 is 13.5 Å². The lowest BCUT2D eigenvalue weighted by atomic mass is 10.3. The Hall–Kier alpha value is -8.39. The van der Waals surface area contributed by atoms with E-state index in [0.29, 0.717) is 0 Å². The van der Waals surface area contributed by atoms with Crippen LogP contribution in [0.1, 0.15) is 169 Å². The van der Waals surface area contributed by atoms with Crippen LogP contribution in [-0.4, -0.2) is 107 Å². The number of tetrazole rings is 1. The fraction of sp³-hybridized carbons (Fsp3) is 0.483. The Morgan fingerprint density at radius 1 is 0.442 bits per heavy atom. The lowest BCUT2D eigenvalue weighted by molar-refractivity contribution is -0.731. The molecule has 0 aliphatic heterocycles. The topological polar surface area (TPSA) is 304 Å². The number of thiazole rings is 2. The Morgan fingerprint density at radius 3 is 0.953 bits per heavy atom. The van der Waals surface area contributed by atoms with Crippen molar-refractivity contribution >= 4 is 22.7 Å². The molecule has 86 heavy (non-hydrogen) atoms. The molecule has 4 N–H and O–H groups in total. The van der Waals surface area contributed by atoms with Crippen LogP contribution in [0.15, 0.2) is 119 Å². The Bertz CT molecular complexity index is 2370. The fourth-order valence-electron chi connectivity index (χ4n) is 3.62. The molecule has 26 heteroatoms. The Kier molecular flexibility index (Phi) is 75.3. The molecule has 0 bridgehead atoms. The van der Waals surface area contributed by atoms with Gasteiger partial charge in [-0.1, -0.05) is 114 Å². The van der Waals surface area contributed by atoms with Crippen LogP contribution >= 0.6 is 22.7 Å². The van der Waals surface area contributed by atoms with Gasteiger partial charge in [-0.2, -0.15) is 65.9 Å². The lowest BCUT2D eigenvalue weighted by Crippen LogP contribution is -2.28. The second kappa shape index (κ2) is 70.9. The summed E-state index contributed by atoms with van der Waals surface area (Å²) in [5.41, 5.74) is 13.1. The highest BCUT2D eigenvalue weighted by atomic mass is 32.1. The van der Waals surface area contributed by atoms with Crippen LogP contribution in [0, 0.1) is 90.0 Å². The first-order valence-corrected chi connectivity index (χ1v) is 30.4. The van der Waals surface area contributed by atoms with Crippen molar-refractivity contribution in [2.45, 2.75) is 187 Å². The van der Waals surface area contributed by atoms with Gasteiger partial charge in [-0.25, -0.2) is 19.9 Å². The summed E-state index contributed by atoms with van der Waals surface area (Å²) < 4.78 is 11.4. The summed E-state index contributed by atoms with van der Waals surface area (Å²) in [7, 11) is 3.60. The van der Waals surface area contributed by atoms with Gasteiger partial charge in [-0.05, 0) is 114 Å². The number of nitrogens with one attached hydrogen (secondary N) is 4. The normalized spacial score (nSPS) is 8.06. The third-order valence-corrected chi connectivity index (χ3v) is 9.91. The molecule has 0 unspecified atom stereocenters. The third kappa shape index (κ3) is 61.7. The molecule has 11 aromatic heterocycles. The minimum atomic E-state index is 0.903. The number of aromatic amines is 4. The maximum Gasteiger partial charge on any atom is 0.288 e. The highest BCUT2D eigenvalue weighted by Crippen LogP contribution is 2.08. The minimum Gasteiger partial charge on any atom is -0.449 e. The van der Waals surface area contributed by atoms with Crippen LogP contribution in [0.2, 0.25) is 0 Å². The number of nitrogens with zero attached hydrogens (tertiary/aromatic N) is 18. The number of aromatic nitrogens is 22. The van der Waals surface area contributed by atoms with Gasteiger partial charge < -0.3 is 8.83 Å². The number of hydrogen-bond acceptors (Lipinski definition) is 20. The van der Waals surface area contributed by atoms with E-state index in [4.69, 9.17) is 8.83 Å². The van der Waals surface area contributed by atoms with Crippen molar-refractivity contribution in [3.05, 3.63) is 182 Å². The van der Waals surface area contributed by atoms with Gasteiger partial charge in [0.25, 0.3) is 6.33 Å². The van der Waals surface area contributed by atoms with Gasteiger partial charge in [0.1, 0.15) is 16.6 Å². The van der Waals surface area contributed by atoms with E-state index in [1.807, 2.05) is 228 Å². The molecule has 0 spiro atoms. The number of hydrogen-bond donors (Lipinski definition) is 4. The van der Waals surface area contributed by atoms with Crippen molar-refractivity contribution in [2.75, 3.05) is 0 Å². The van der Waals surface area contributed by atoms with E-state index in [-0.39, 0.29) is 0 Å². The van der Waals surface area contributed by atoms with Gasteiger partial charge in [-0.15, -0.1) is 22.7 Å². The van der Waals surface area contributed by atoms with Crippen molar-refractivity contribution in [3.63, 3.8) is 0 Å². The molecule has 0 aliphatic rings. The smallest absolute Gasteiger partial charge is 0.288 e. The highest BCUT2D eigenvalue weighted by molar-refractivity contribution is 7.09. The van der Waals surface area contributed by atoms with E-state index in [2.05, 4.69) is 116 Å². The Balaban J connectivity index is -0.000000156. The van der Waals surface area contributed by atoms with Crippen molar-refractivity contribution in [1.82, 2.24) is 107 Å². The van der Waals surface area contributed by atoms with E-state index in [1.165, 1.54) is 32.9 Å². The standard InChI is InChI=1S/2C6H7N.2C5H7NO.2C5H7NS.4C3H5N3.C2H4N4.7C2H6/c1-6-3-2-4-7-5-6;1-6-4-2-3-5-7-6;4*1-4-5(2)7-3-6-4;1-6-4-2-3-5-6;3*1-3-2-4-6-5-3;1-6-2-3-4-5-6;7*1-2/h2*2-5H,1H3;4*3H,1-2H3;2-3H,1H3;3*2H,1H3,(H,4,5,6);2H,1H3;7*1-2H3/p+1. The van der Waals surface area contributed by atoms with Gasteiger partial charge in [0, 0.05) is 41.1 Å². The van der Waals surface area contributed by atoms with Gasteiger partial charge in [0.05, 0.1) is 88.9 Å². The molecule has 0 radical (unpaired) electrons. The Labute approximate surface area is 523 Å².